The standard InChI is InChI=1S/C18H25NO8S/c1-25-15-4-2-3-5-17(15)28(23,24)19-9-12(20)10-26-11-16-14(19)7-6-13(27-16)8-18(21)22/h2-5,12-14,16,20H,6-11H2,1H3,(H,21,22)/t12-,13+,14-,16+/m0/s1. The lowest BCUT2D eigenvalue weighted by Crippen LogP contribution is -2.57. The topological polar surface area (TPSA) is 123 Å². The second-order valence-corrected chi connectivity index (χ2v) is 8.81. The quantitative estimate of drug-likeness (QED) is 0.712. The van der Waals surface area contributed by atoms with Crippen LogP contribution in [0.5, 0.6) is 5.75 Å². The number of carbonyl (C=O) groups is 1. The number of carboxylic acids is 1. The average molecular weight is 415 g/mol. The predicted molar refractivity (Wildman–Crippen MR) is 97.6 cm³/mol. The number of fused-ring (bicyclic) bond motifs is 1. The Kier molecular flexibility index (Phi) is 6.56. The van der Waals surface area contributed by atoms with E-state index in [1.165, 1.54) is 17.5 Å². The van der Waals surface area contributed by atoms with Gasteiger partial charge in [0.1, 0.15) is 10.6 Å². The Morgan fingerprint density at radius 3 is 2.75 bits per heavy atom. The van der Waals surface area contributed by atoms with E-state index in [0.29, 0.717) is 12.8 Å². The summed E-state index contributed by atoms with van der Waals surface area (Å²) >= 11 is 0. The molecule has 0 spiro atoms. The molecule has 156 valence electrons. The molecule has 2 fully saturated rings. The van der Waals surface area contributed by atoms with E-state index in [-0.39, 0.29) is 36.8 Å². The molecule has 2 aliphatic heterocycles. The van der Waals surface area contributed by atoms with Crippen molar-refractivity contribution < 1.29 is 37.6 Å². The van der Waals surface area contributed by atoms with Crippen LogP contribution in [-0.4, -0.2) is 80.1 Å². The fourth-order valence-corrected chi connectivity index (χ4v) is 5.60. The van der Waals surface area contributed by atoms with E-state index in [9.17, 15) is 18.3 Å². The number of aliphatic hydroxyl groups excluding tert-OH is 1. The Labute approximate surface area is 163 Å². The second-order valence-electron chi connectivity index (χ2n) is 6.96. The summed E-state index contributed by atoms with van der Waals surface area (Å²) in [4.78, 5) is 11.0. The molecule has 0 amide bonds. The summed E-state index contributed by atoms with van der Waals surface area (Å²) in [6, 6.07) is 5.74. The van der Waals surface area contributed by atoms with Gasteiger partial charge < -0.3 is 24.4 Å². The number of para-hydroxylation sites is 1. The summed E-state index contributed by atoms with van der Waals surface area (Å²) in [6.45, 7) is -0.0988. The molecule has 2 saturated heterocycles. The van der Waals surface area contributed by atoms with Crippen LogP contribution in [0, 0.1) is 0 Å². The predicted octanol–water partition coefficient (Wildman–Crippen LogP) is 0.468. The van der Waals surface area contributed by atoms with Crippen molar-refractivity contribution in [2.75, 3.05) is 26.9 Å². The highest BCUT2D eigenvalue weighted by Gasteiger charge is 2.43. The Balaban J connectivity index is 1.93. The van der Waals surface area contributed by atoms with Crippen LogP contribution in [0.1, 0.15) is 19.3 Å². The Morgan fingerprint density at radius 2 is 2.04 bits per heavy atom. The van der Waals surface area contributed by atoms with Crippen molar-refractivity contribution in [1.82, 2.24) is 4.31 Å². The molecule has 0 bridgehead atoms. The van der Waals surface area contributed by atoms with Gasteiger partial charge in [-0.15, -0.1) is 0 Å². The smallest absolute Gasteiger partial charge is 0.305 e. The molecule has 3 rings (SSSR count). The van der Waals surface area contributed by atoms with Crippen molar-refractivity contribution >= 4 is 16.0 Å². The molecule has 1 aromatic carbocycles. The number of sulfonamides is 1. The van der Waals surface area contributed by atoms with E-state index in [0.717, 1.165) is 0 Å². The average Bonchev–Trinajstić information content (AvgIpc) is 2.64. The van der Waals surface area contributed by atoms with Crippen LogP contribution < -0.4 is 4.74 Å². The number of nitrogens with zero attached hydrogens (tertiary/aromatic N) is 1. The first kappa shape index (κ1) is 21.0. The number of β-amino-alcohol motifs (C(OH)–C–C–N with tert-alkyl or cyclic N) is 1. The number of carboxylic acid groups (broad SMARTS) is 1. The van der Waals surface area contributed by atoms with Gasteiger partial charge in [0.25, 0.3) is 0 Å². The first-order valence-corrected chi connectivity index (χ1v) is 10.5. The summed E-state index contributed by atoms with van der Waals surface area (Å²) in [7, 11) is -2.60. The molecule has 4 atom stereocenters. The molecular weight excluding hydrogens is 390 g/mol. The van der Waals surface area contributed by atoms with Gasteiger partial charge >= 0.3 is 5.97 Å². The van der Waals surface area contributed by atoms with Crippen molar-refractivity contribution in [1.29, 1.82) is 0 Å². The van der Waals surface area contributed by atoms with Gasteiger partial charge in [-0.05, 0) is 25.0 Å². The van der Waals surface area contributed by atoms with Crippen LogP contribution in [0.25, 0.3) is 0 Å². The lowest BCUT2D eigenvalue weighted by molar-refractivity contribution is -0.155. The highest BCUT2D eigenvalue weighted by atomic mass is 32.2. The second kappa shape index (κ2) is 8.75. The van der Waals surface area contributed by atoms with E-state index >= 15 is 0 Å². The minimum atomic E-state index is -3.99. The highest BCUT2D eigenvalue weighted by molar-refractivity contribution is 7.89. The Hall–Kier alpha value is -1.72. The monoisotopic (exact) mass is 415 g/mol. The molecule has 0 aliphatic carbocycles. The van der Waals surface area contributed by atoms with Gasteiger partial charge in [-0.2, -0.15) is 4.31 Å². The van der Waals surface area contributed by atoms with E-state index in [2.05, 4.69) is 0 Å². The van der Waals surface area contributed by atoms with Gasteiger partial charge in [0.05, 0.1) is 51.1 Å². The van der Waals surface area contributed by atoms with Gasteiger partial charge in [0.2, 0.25) is 10.0 Å². The van der Waals surface area contributed by atoms with E-state index in [4.69, 9.17) is 19.3 Å². The molecule has 10 heteroatoms. The van der Waals surface area contributed by atoms with Crippen LogP contribution in [0.4, 0.5) is 0 Å². The number of hydrogen-bond acceptors (Lipinski definition) is 7. The third-order valence-electron chi connectivity index (χ3n) is 4.99. The van der Waals surface area contributed by atoms with Gasteiger partial charge in [0, 0.05) is 6.54 Å². The summed E-state index contributed by atoms with van der Waals surface area (Å²) in [5, 5.41) is 19.2. The maximum Gasteiger partial charge on any atom is 0.305 e. The maximum absolute atomic E-state index is 13.4. The molecule has 0 unspecified atom stereocenters. The molecule has 28 heavy (non-hydrogen) atoms. The molecule has 0 radical (unpaired) electrons. The molecule has 0 aromatic heterocycles. The van der Waals surface area contributed by atoms with Crippen LogP contribution in [-0.2, 0) is 24.3 Å². The lowest BCUT2D eigenvalue weighted by Gasteiger charge is -2.43. The minimum Gasteiger partial charge on any atom is -0.495 e. The fourth-order valence-electron chi connectivity index (χ4n) is 3.72. The maximum atomic E-state index is 13.4. The highest BCUT2D eigenvalue weighted by Crippen LogP contribution is 2.34. The number of methoxy groups -OCH3 is 1. The summed E-state index contributed by atoms with van der Waals surface area (Å²) < 4.78 is 44.7. The molecule has 0 saturated carbocycles. The molecule has 1 aromatic rings. The number of aliphatic carboxylic acids is 1. The zero-order valence-electron chi connectivity index (χ0n) is 15.6. The molecule has 2 heterocycles. The first-order valence-electron chi connectivity index (χ1n) is 9.11. The molecule has 9 nitrogen and oxygen atoms in total. The Bertz CT molecular complexity index is 799. The largest absolute Gasteiger partial charge is 0.495 e. The van der Waals surface area contributed by atoms with Crippen LogP contribution >= 0.6 is 0 Å². The van der Waals surface area contributed by atoms with Crippen molar-refractivity contribution in [3.05, 3.63) is 24.3 Å². The summed E-state index contributed by atoms with van der Waals surface area (Å²) in [5.74, 6) is -0.753. The molecule has 2 aliphatic rings. The van der Waals surface area contributed by atoms with E-state index in [1.54, 1.807) is 18.2 Å². The zero-order chi connectivity index (χ0) is 20.3. The molecule has 2 N–H and O–H groups in total. The van der Waals surface area contributed by atoms with Crippen LogP contribution in [0.3, 0.4) is 0 Å². The van der Waals surface area contributed by atoms with Crippen LogP contribution in [0.2, 0.25) is 0 Å². The van der Waals surface area contributed by atoms with E-state index < -0.39 is 40.3 Å². The Morgan fingerprint density at radius 1 is 1.29 bits per heavy atom. The summed E-state index contributed by atoms with van der Waals surface area (Å²) in [5.41, 5.74) is 0. The number of benzene rings is 1. The third kappa shape index (κ3) is 4.47. The third-order valence-corrected chi connectivity index (χ3v) is 6.92. The van der Waals surface area contributed by atoms with Crippen molar-refractivity contribution in [2.24, 2.45) is 0 Å². The van der Waals surface area contributed by atoms with Gasteiger partial charge in [-0.3, -0.25) is 4.79 Å². The minimum absolute atomic E-state index is 0.0117. The lowest BCUT2D eigenvalue weighted by atomic mass is 9.96. The fraction of sp³-hybridized carbons (Fsp3) is 0.611. The number of ether oxygens (including phenoxy) is 3. The van der Waals surface area contributed by atoms with Gasteiger partial charge in [-0.25, -0.2) is 8.42 Å². The number of aliphatic hydroxyl groups is 1. The SMILES string of the molecule is COc1ccccc1S(=O)(=O)N1C[C@H](O)COC[C@H]2O[C@@H](CC(=O)O)CC[C@@H]21. The van der Waals surface area contributed by atoms with Crippen LogP contribution in [0.15, 0.2) is 29.2 Å². The summed E-state index contributed by atoms with van der Waals surface area (Å²) in [6.07, 6.45) is -1.43. The van der Waals surface area contributed by atoms with Crippen molar-refractivity contribution in [2.45, 2.75) is 48.5 Å². The normalized spacial score (nSPS) is 29.4. The molecular formula is C18H25NO8S. The van der Waals surface area contributed by atoms with E-state index in [1.807, 2.05) is 0 Å². The van der Waals surface area contributed by atoms with Crippen molar-refractivity contribution in [3.63, 3.8) is 0 Å². The first-order chi connectivity index (χ1) is 13.3. The zero-order valence-corrected chi connectivity index (χ0v) is 16.4. The number of rotatable bonds is 5. The van der Waals surface area contributed by atoms with Crippen molar-refractivity contribution in [3.8, 4) is 5.75 Å². The van der Waals surface area contributed by atoms with Gasteiger partial charge in [0.15, 0.2) is 0 Å². The van der Waals surface area contributed by atoms with Gasteiger partial charge in [-0.1, -0.05) is 12.1 Å². The number of hydrogen-bond donors (Lipinski definition) is 2.